The van der Waals surface area contributed by atoms with Crippen LogP contribution in [0.4, 0.5) is 5.69 Å². The molecule has 3 rings (SSSR count). The second-order valence-corrected chi connectivity index (χ2v) is 8.24. The van der Waals surface area contributed by atoms with Crippen LogP contribution >= 0.6 is 23.4 Å². The summed E-state index contributed by atoms with van der Waals surface area (Å²) >= 11 is 7.23. The first-order chi connectivity index (χ1) is 14.0. The summed E-state index contributed by atoms with van der Waals surface area (Å²) in [5.41, 5.74) is 2.02. The molecular formula is C21H23ClN4O2S. The van der Waals surface area contributed by atoms with Gasteiger partial charge in [-0.05, 0) is 55.3 Å². The Morgan fingerprint density at radius 2 is 1.86 bits per heavy atom. The highest BCUT2D eigenvalue weighted by atomic mass is 35.5. The minimum Gasteiger partial charge on any atom is -0.486 e. The van der Waals surface area contributed by atoms with Crippen molar-refractivity contribution in [1.29, 1.82) is 0 Å². The van der Waals surface area contributed by atoms with E-state index in [0.29, 0.717) is 21.8 Å². The van der Waals surface area contributed by atoms with E-state index < -0.39 is 0 Å². The number of amides is 1. The van der Waals surface area contributed by atoms with Crippen molar-refractivity contribution in [1.82, 2.24) is 14.8 Å². The summed E-state index contributed by atoms with van der Waals surface area (Å²) in [5, 5.41) is 12.3. The number of carbonyl (C=O) groups excluding carboxylic acids is 1. The Labute approximate surface area is 179 Å². The number of aromatic nitrogens is 3. The molecule has 0 radical (unpaired) electrons. The van der Waals surface area contributed by atoms with Crippen LogP contribution in [0.2, 0.25) is 5.02 Å². The van der Waals surface area contributed by atoms with E-state index in [-0.39, 0.29) is 17.8 Å². The van der Waals surface area contributed by atoms with Crippen LogP contribution < -0.4 is 10.1 Å². The van der Waals surface area contributed by atoms with Crippen LogP contribution in [-0.2, 0) is 24.9 Å². The third-order valence-electron chi connectivity index (χ3n) is 4.39. The lowest BCUT2D eigenvalue weighted by Gasteiger charge is -2.12. The summed E-state index contributed by atoms with van der Waals surface area (Å²) in [4.78, 5) is 12.5. The molecule has 1 amide bonds. The fourth-order valence-electron chi connectivity index (χ4n) is 2.53. The molecule has 0 fully saturated rings. The number of aryl methyl sites for hydroxylation is 1. The fourth-order valence-corrected chi connectivity index (χ4v) is 3.49. The Bertz CT molecular complexity index is 958. The molecule has 0 aliphatic rings. The van der Waals surface area contributed by atoms with E-state index >= 15 is 0 Å². The van der Waals surface area contributed by atoms with Crippen molar-refractivity contribution in [3.8, 4) is 5.75 Å². The minimum atomic E-state index is -0.325. The first kappa shape index (κ1) is 21.2. The van der Waals surface area contributed by atoms with Gasteiger partial charge in [-0.2, -0.15) is 0 Å². The van der Waals surface area contributed by atoms with Gasteiger partial charge in [-0.1, -0.05) is 42.4 Å². The molecule has 2 aromatic carbocycles. The standard InChI is InChI=1S/C21H23ClN4O2S/c1-4-15-5-9-17(10-6-15)23-20(27)14(2)29-21-25-24-19(26(21)3)13-28-18-11-7-16(22)8-12-18/h5-12,14H,4,13H2,1-3H3,(H,23,27)/t14-/m1/s1. The van der Waals surface area contributed by atoms with E-state index in [1.54, 1.807) is 24.3 Å². The molecule has 1 atom stereocenters. The molecule has 0 saturated carbocycles. The molecule has 8 heteroatoms. The maximum atomic E-state index is 12.5. The lowest BCUT2D eigenvalue weighted by Crippen LogP contribution is -2.22. The first-order valence-electron chi connectivity index (χ1n) is 9.29. The Kier molecular flexibility index (Phi) is 7.17. The second-order valence-electron chi connectivity index (χ2n) is 6.50. The van der Waals surface area contributed by atoms with E-state index in [2.05, 4.69) is 22.4 Å². The summed E-state index contributed by atoms with van der Waals surface area (Å²) in [6.45, 7) is 4.22. The third-order valence-corrected chi connectivity index (χ3v) is 5.77. The average molecular weight is 431 g/mol. The number of anilines is 1. The maximum absolute atomic E-state index is 12.5. The number of hydrogen-bond acceptors (Lipinski definition) is 5. The largest absolute Gasteiger partial charge is 0.486 e. The van der Waals surface area contributed by atoms with Crippen LogP contribution in [0, 0.1) is 0 Å². The molecule has 3 aromatic rings. The molecule has 1 heterocycles. The van der Waals surface area contributed by atoms with Crippen LogP contribution in [-0.4, -0.2) is 25.9 Å². The third kappa shape index (κ3) is 5.74. The minimum absolute atomic E-state index is 0.0822. The number of halogens is 1. The zero-order valence-corrected chi connectivity index (χ0v) is 18.1. The van der Waals surface area contributed by atoms with Gasteiger partial charge in [0.1, 0.15) is 12.4 Å². The highest BCUT2D eigenvalue weighted by Crippen LogP contribution is 2.23. The molecular weight excluding hydrogens is 408 g/mol. The van der Waals surface area contributed by atoms with E-state index in [1.165, 1.54) is 17.3 Å². The van der Waals surface area contributed by atoms with Crippen molar-refractivity contribution in [2.45, 2.75) is 37.3 Å². The van der Waals surface area contributed by atoms with Crippen LogP contribution in [0.25, 0.3) is 0 Å². The van der Waals surface area contributed by atoms with E-state index in [0.717, 1.165) is 12.1 Å². The summed E-state index contributed by atoms with van der Waals surface area (Å²) < 4.78 is 7.55. The molecule has 0 spiro atoms. The van der Waals surface area contributed by atoms with Crippen molar-refractivity contribution in [2.75, 3.05) is 5.32 Å². The van der Waals surface area contributed by atoms with Gasteiger partial charge in [0.25, 0.3) is 0 Å². The summed E-state index contributed by atoms with van der Waals surface area (Å²) in [5.74, 6) is 1.29. The Balaban J connectivity index is 1.56. The van der Waals surface area contributed by atoms with Crippen molar-refractivity contribution in [3.63, 3.8) is 0 Å². The highest BCUT2D eigenvalue weighted by Gasteiger charge is 2.19. The van der Waals surface area contributed by atoms with Gasteiger partial charge in [-0.3, -0.25) is 4.79 Å². The monoisotopic (exact) mass is 430 g/mol. The second kappa shape index (κ2) is 9.80. The molecule has 29 heavy (non-hydrogen) atoms. The predicted molar refractivity (Wildman–Crippen MR) is 117 cm³/mol. The maximum Gasteiger partial charge on any atom is 0.237 e. The number of nitrogens with one attached hydrogen (secondary N) is 1. The van der Waals surface area contributed by atoms with Gasteiger partial charge >= 0.3 is 0 Å². The van der Waals surface area contributed by atoms with Crippen LogP contribution in [0.1, 0.15) is 25.2 Å². The number of nitrogens with zero attached hydrogens (tertiary/aromatic N) is 3. The van der Waals surface area contributed by atoms with Crippen LogP contribution in [0.15, 0.2) is 53.7 Å². The molecule has 152 valence electrons. The van der Waals surface area contributed by atoms with Gasteiger partial charge in [-0.15, -0.1) is 10.2 Å². The predicted octanol–water partition coefficient (Wildman–Crippen LogP) is 4.73. The van der Waals surface area contributed by atoms with Gasteiger partial charge in [0.05, 0.1) is 5.25 Å². The van der Waals surface area contributed by atoms with E-state index in [9.17, 15) is 4.79 Å². The van der Waals surface area contributed by atoms with E-state index in [1.807, 2.05) is 42.8 Å². The topological polar surface area (TPSA) is 69.0 Å². The van der Waals surface area contributed by atoms with Gasteiger partial charge < -0.3 is 14.6 Å². The number of benzene rings is 2. The summed E-state index contributed by atoms with van der Waals surface area (Å²) in [6, 6.07) is 15.0. The van der Waals surface area contributed by atoms with Crippen molar-refractivity contribution >= 4 is 35.0 Å². The highest BCUT2D eigenvalue weighted by molar-refractivity contribution is 8.00. The molecule has 0 aliphatic heterocycles. The van der Waals surface area contributed by atoms with Gasteiger partial charge in [0.15, 0.2) is 11.0 Å². The lowest BCUT2D eigenvalue weighted by atomic mass is 10.1. The fraction of sp³-hybridized carbons (Fsp3) is 0.286. The molecule has 0 saturated heterocycles. The molecule has 1 N–H and O–H groups in total. The zero-order valence-electron chi connectivity index (χ0n) is 16.6. The Morgan fingerprint density at radius 3 is 2.52 bits per heavy atom. The smallest absolute Gasteiger partial charge is 0.237 e. The molecule has 1 aromatic heterocycles. The zero-order chi connectivity index (χ0) is 20.8. The Hall–Kier alpha value is -2.51. The number of rotatable bonds is 8. The number of carbonyl (C=O) groups is 1. The number of thioether (sulfide) groups is 1. The summed E-state index contributed by atoms with van der Waals surface area (Å²) in [7, 11) is 1.86. The summed E-state index contributed by atoms with van der Waals surface area (Å²) in [6.07, 6.45) is 0.969. The SMILES string of the molecule is CCc1ccc(NC(=O)[C@@H](C)Sc2nnc(COc3ccc(Cl)cc3)n2C)cc1. The normalized spacial score (nSPS) is 11.9. The Morgan fingerprint density at radius 1 is 1.17 bits per heavy atom. The van der Waals surface area contributed by atoms with Crippen molar-refractivity contribution < 1.29 is 9.53 Å². The number of ether oxygens (including phenoxy) is 1. The van der Waals surface area contributed by atoms with Gasteiger partial charge in [0.2, 0.25) is 5.91 Å². The lowest BCUT2D eigenvalue weighted by molar-refractivity contribution is -0.115. The molecule has 0 unspecified atom stereocenters. The molecule has 0 bridgehead atoms. The molecule has 6 nitrogen and oxygen atoms in total. The van der Waals surface area contributed by atoms with Gasteiger partial charge in [-0.25, -0.2) is 0 Å². The molecule has 0 aliphatic carbocycles. The van der Waals surface area contributed by atoms with Crippen molar-refractivity contribution in [2.24, 2.45) is 7.05 Å². The van der Waals surface area contributed by atoms with Crippen LogP contribution in [0.5, 0.6) is 5.75 Å². The van der Waals surface area contributed by atoms with Gasteiger partial charge in [0, 0.05) is 17.8 Å². The quantitative estimate of drug-likeness (QED) is 0.523. The average Bonchev–Trinajstić information content (AvgIpc) is 3.07. The van der Waals surface area contributed by atoms with Crippen LogP contribution in [0.3, 0.4) is 0 Å². The first-order valence-corrected chi connectivity index (χ1v) is 10.5. The van der Waals surface area contributed by atoms with Crippen molar-refractivity contribution in [3.05, 3.63) is 64.9 Å². The number of hydrogen-bond donors (Lipinski definition) is 1. The van der Waals surface area contributed by atoms with E-state index in [4.69, 9.17) is 16.3 Å².